The van der Waals surface area contributed by atoms with Crippen molar-refractivity contribution in [2.75, 3.05) is 4.90 Å². The van der Waals surface area contributed by atoms with E-state index in [2.05, 4.69) is 252 Å². The third-order valence-corrected chi connectivity index (χ3v) is 13.2. The van der Waals surface area contributed by atoms with Crippen molar-refractivity contribution in [3.8, 4) is 39.1 Å². The van der Waals surface area contributed by atoms with E-state index in [1.54, 1.807) is 0 Å². The van der Waals surface area contributed by atoms with Crippen LogP contribution in [-0.2, 0) is 0 Å². The van der Waals surface area contributed by atoms with Crippen LogP contribution >= 0.6 is 0 Å². The zero-order chi connectivity index (χ0) is 42.8. The molecule has 2 aromatic heterocycles. The van der Waals surface area contributed by atoms with Gasteiger partial charge in [0.25, 0.3) is 0 Å². The van der Waals surface area contributed by atoms with Crippen LogP contribution in [0.15, 0.2) is 247 Å². The van der Waals surface area contributed by atoms with Crippen molar-refractivity contribution in [3.63, 3.8) is 0 Å². The first kappa shape index (κ1) is 36.9. The van der Waals surface area contributed by atoms with Gasteiger partial charge in [0.05, 0.1) is 22.4 Å². The Kier molecular flexibility index (Phi) is 8.53. The molecule has 65 heavy (non-hydrogen) atoms. The molecule has 2 heterocycles. The molecule has 0 saturated heterocycles. The van der Waals surface area contributed by atoms with Gasteiger partial charge in [-0.25, -0.2) is 0 Å². The Morgan fingerprint density at radius 3 is 1.54 bits per heavy atom. The molecule has 13 aromatic rings. The molecular weight excluding hydrogens is 789 g/mol. The third kappa shape index (κ3) is 6.12. The lowest BCUT2D eigenvalue weighted by molar-refractivity contribution is 0.669. The molecule has 3 heteroatoms. The summed E-state index contributed by atoms with van der Waals surface area (Å²) < 4.78 is 8.87. The number of para-hydroxylation sites is 4. The predicted molar refractivity (Wildman–Crippen MR) is 274 cm³/mol. The molecule has 0 radical (unpaired) electrons. The summed E-state index contributed by atoms with van der Waals surface area (Å²) >= 11 is 0. The normalized spacial score (nSPS) is 11.7. The van der Waals surface area contributed by atoms with E-state index in [0.29, 0.717) is 0 Å². The minimum absolute atomic E-state index is 0.884. The first-order chi connectivity index (χ1) is 32.2. The SMILES string of the molecule is c1ccc(N(c2ccc(-c3ccccc3-n3c4ccccc4c4ccccc43)cc2)c2ccc(-c3cccc4ccccc34)cc2)c(-c2ccc3oc4cc5ccccc5cc4c3c2)c1. The molecule has 0 aliphatic carbocycles. The zero-order valence-corrected chi connectivity index (χ0v) is 35.4. The van der Waals surface area contributed by atoms with Crippen molar-refractivity contribution in [1.82, 2.24) is 4.57 Å². The van der Waals surface area contributed by atoms with Crippen LogP contribution in [0.3, 0.4) is 0 Å². The van der Waals surface area contributed by atoms with E-state index in [1.165, 1.54) is 60.0 Å². The molecular formula is C62H40N2O. The molecule has 0 bridgehead atoms. The van der Waals surface area contributed by atoms with E-state index in [1.807, 2.05) is 0 Å². The fraction of sp³-hybridized carbons (Fsp3) is 0. The molecule has 0 saturated carbocycles. The van der Waals surface area contributed by atoms with Gasteiger partial charge >= 0.3 is 0 Å². The van der Waals surface area contributed by atoms with E-state index >= 15 is 0 Å². The fourth-order valence-electron chi connectivity index (χ4n) is 10.1. The van der Waals surface area contributed by atoms with E-state index in [-0.39, 0.29) is 0 Å². The Morgan fingerprint density at radius 1 is 0.308 bits per heavy atom. The average molecular weight is 829 g/mol. The molecule has 0 aliphatic heterocycles. The predicted octanol–water partition coefficient (Wildman–Crippen LogP) is 17.5. The number of anilines is 3. The zero-order valence-electron chi connectivity index (χ0n) is 35.4. The van der Waals surface area contributed by atoms with Crippen molar-refractivity contribution in [2.24, 2.45) is 0 Å². The number of rotatable bonds is 7. The Labute approximate surface area is 376 Å². The van der Waals surface area contributed by atoms with Gasteiger partial charge in [0.15, 0.2) is 0 Å². The largest absolute Gasteiger partial charge is 0.456 e. The number of aromatic nitrogens is 1. The molecule has 0 aliphatic rings. The van der Waals surface area contributed by atoms with Gasteiger partial charge in [-0.1, -0.05) is 170 Å². The number of fused-ring (bicyclic) bond motifs is 8. The monoisotopic (exact) mass is 828 g/mol. The first-order valence-electron chi connectivity index (χ1n) is 22.2. The minimum atomic E-state index is 0.884. The summed E-state index contributed by atoms with van der Waals surface area (Å²) in [6, 6.07) is 87.8. The van der Waals surface area contributed by atoms with Crippen molar-refractivity contribution < 1.29 is 4.42 Å². The van der Waals surface area contributed by atoms with Gasteiger partial charge in [-0.05, 0) is 117 Å². The number of benzene rings is 11. The number of furan rings is 1. The molecule has 0 N–H and O–H groups in total. The highest BCUT2D eigenvalue weighted by atomic mass is 16.3. The highest BCUT2D eigenvalue weighted by Gasteiger charge is 2.20. The smallest absolute Gasteiger partial charge is 0.136 e. The lowest BCUT2D eigenvalue weighted by Gasteiger charge is -2.28. The van der Waals surface area contributed by atoms with Crippen LogP contribution in [0.25, 0.3) is 104 Å². The summed E-state index contributed by atoms with van der Waals surface area (Å²) in [5.74, 6) is 0. The van der Waals surface area contributed by atoms with Crippen molar-refractivity contribution >= 4 is 82.4 Å². The second-order valence-corrected chi connectivity index (χ2v) is 16.9. The summed E-state index contributed by atoms with van der Waals surface area (Å²) in [6.07, 6.45) is 0. The van der Waals surface area contributed by atoms with Gasteiger partial charge in [0.1, 0.15) is 11.2 Å². The van der Waals surface area contributed by atoms with Crippen LogP contribution in [0.2, 0.25) is 0 Å². The second kappa shape index (κ2) is 15.0. The lowest BCUT2D eigenvalue weighted by Crippen LogP contribution is -2.11. The number of hydrogen-bond acceptors (Lipinski definition) is 2. The van der Waals surface area contributed by atoms with Crippen LogP contribution in [0.1, 0.15) is 0 Å². The van der Waals surface area contributed by atoms with Crippen LogP contribution < -0.4 is 4.90 Å². The van der Waals surface area contributed by atoms with Crippen LogP contribution in [0.4, 0.5) is 17.1 Å². The number of hydrogen-bond donors (Lipinski definition) is 0. The van der Waals surface area contributed by atoms with Crippen molar-refractivity contribution in [3.05, 3.63) is 243 Å². The Balaban J connectivity index is 0.959. The fourth-order valence-corrected chi connectivity index (χ4v) is 10.1. The van der Waals surface area contributed by atoms with Crippen molar-refractivity contribution in [1.29, 1.82) is 0 Å². The van der Waals surface area contributed by atoms with Gasteiger partial charge < -0.3 is 13.9 Å². The van der Waals surface area contributed by atoms with E-state index in [0.717, 1.165) is 61.4 Å². The van der Waals surface area contributed by atoms with E-state index in [4.69, 9.17) is 4.42 Å². The summed E-state index contributed by atoms with van der Waals surface area (Å²) in [7, 11) is 0. The quantitative estimate of drug-likeness (QED) is 0.160. The standard InChI is InChI=1S/C62H40N2O/c1-2-16-45-40-62-56(38-44(45)15-1)55-39-46(32-37-61(55)65-62)52-20-6-9-24-57(52)63(47-33-28-42(29-34-47)50-23-13-17-41-14-3-4-18-49(41)50)48-35-30-43(31-36-48)51-19-5-10-25-58(51)64-59-26-11-7-21-53(59)54-22-8-12-27-60(54)64/h1-40H. The third-order valence-electron chi connectivity index (χ3n) is 13.2. The number of nitrogens with zero attached hydrogens (tertiary/aromatic N) is 2. The molecule has 0 atom stereocenters. The molecule has 0 amide bonds. The maximum absolute atomic E-state index is 6.45. The van der Waals surface area contributed by atoms with Gasteiger partial charge in [0, 0.05) is 44.0 Å². The molecule has 3 nitrogen and oxygen atoms in total. The van der Waals surface area contributed by atoms with Crippen molar-refractivity contribution in [2.45, 2.75) is 0 Å². The summed E-state index contributed by atoms with van der Waals surface area (Å²) in [4.78, 5) is 2.40. The molecule has 0 fully saturated rings. The molecule has 11 aromatic carbocycles. The minimum Gasteiger partial charge on any atom is -0.456 e. The van der Waals surface area contributed by atoms with Crippen LogP contribution in [0.5, 0.6) is 0 Å². The molecule has 0 spiro atoms. The molecule has 0 unspecified atom stereocenters. The van der Waals surface area contributed by atoms with Gasteiger partial charge in [-0.3, -0.25) is 0 Å². The van der Waals surface area contributed by atoms with Gasteiger partial charge in [-0.2, -0.15) is 0 Å². The van der Waals surface area contributed by atoms with Crippen LogP contribution in [-0.4, -0.2) is 4.57 Å². The van der Waals surface area contributed by atoms with E-state index < -0.39 is 0 Å². The summed E-state index contributed by atoms with van der Waals surface area (Å²) in [5, 5.41) is 9.59. The Hall–Kier alpha value is -8.66. The highest BCUT2D eigenvalue weighted by molar-refractivity contribution is 6.12. The lowest BCUT2D eigenvalue weighted by atomic mass is 9.97. The topological polar surface area (TPSA) is 21.3 Å². The molecule has 304 valence electrons. The maximum atomic E-state index is 6.45. The molecule has 13 rings (SSSR count). The summed E-state index contributed by atoms with van der Waals surface area (Å²) in [5.41, 5.74) is 15.5. The average Bonchev–Trinajstić information content (AvgIpc) is 3.91. The summed E-state index contributed by atoms with van der Waals surface area (Å²) in [6.45, 7) is 0. The van der Waals surface area contributed by atoms with Crippen LogP contribution in [0, 0.1) is 0 Å². The first-order valence-corrected chi connectivity index (χ1v) is 22.2. The highest BCUT2D eigenvalue weighted by Crippen LogP contribution is 2.44. The van der Waals surface area contributed by atoms with E-state index in [9.17, 15) is 0 Å². The van der Waals surface area contributed by atoms with Gasteiger partial charge in [-0.15, -0.1) is 0 Å². The Morgan fingerprint density at radius 2 is 0.815 bits per heavy atom. The van der Waals surface area contributed by atoms with Gasteiger partial charge in [0.2, 0.25) is 0 Å². The Bertz CT molecular complexity index is 3890. The maximum Gasteiger partial charge on any atom is 0.136 e. The second-order valence-electron chi connectivity index (χ2n) is 16.9.